The lowest BCUT2D eigenvalue weighted by molar-refractivity contribution is 0.306. The van der Waals surface area contributed by atoms with Crippen LogP contribution in [-0.2, 0) is 6.61 Å². The summed E-state index contributed by atoms with van der Waals surface area (Å²) < 4.78 is 7.31. The summed E-state index contributed by atoms with van der Waals surface area (Å²) in [6.07, 6.45) is 1.54. The van der Waals surface area contributed by atoms with E-state index in [1.54, 1.807) is 48.5 Å². The smallest absolute Gasteiger partial charge is 0.282 e. The van der Waals surface area contributed by atoms with Crippen LogP contribution in [0.15, 0.2) is 101 Å². The summed E-state index contributed by atoms with van der Waals surface area (Å²) in [5, 5.41) is 6.55. The van der Waals surface area contributed by atoms with Crippen LogP contribution in [0.2, 0.25) is 15.1 Å². The molecule has 36 heavy (non-hydrogen) atoms. The molecule has 1 aromatic heterocycles. The fourth-order valence-electron chi connectivity index (χ4n) is 3.67. The molecule has 0 aliphatic rings. The average Bonchev–Trinajstić information content (AvgIpc) is 2.89. The second-order valence-corrected chi connectivity index (χ2v) is 9.17. The number of ether oxygens (including phenoxy) is 1. The molecular formula is C28H18Cl3N3O2. The Bertz CT molecular complexity index is 1650. The number of para-hydroxylation sites is 1. The van der Waals surface area contributed by atoms with Gasteiger partial charge in [-0.25, -0.2) is 4.98 Å². The quantitative estimate of drug-likeness (QED) is 0.212. The molecule has 4 aromatic carbocycles. The van der Waals surface area contributed by atoms with Gasteiger partial charge >= 0.3 is 0 Å². The first-order chi connectivity index (χ1) is 17.5. The van der Waals surface area contributed by atoms with Gasteiger partial charge in [0.05, 0.1) is 17.1 Å². The van der Waals surface area contributed by atoms with Crippen LogP contribution in [0.3, 0.4) is 0 Å². The van der Waals surface area contributed by atoms with Crippen LogP contribution < -0.4 is 10.3 Å². The van der Waals surface area contributed by atoms with E-state index in [1.807, 2.05) is 42.5 Å². The Hall–Kier alpha value is -3.64. The summed E-state index contributed by atoms with van der Waals surface area (Å²) in [4.78, 5) is 18.1. The van der Waals surface area contributed by atoms with Gasteiger partial charge < -0.3 is 4.74 Å². The molecule has 0 unspecified atom stereocenters. The standard InChI is InChI=1S/C28H18Cl3N3O2/c29-21-12-13-26(36-17-19-10-11-22(30)15-24(19)31)20(14-21)16-32-34-27(18-6-2-1-3-7-18)33-25-9-5-4-8-23(25)28(34)35/h1-16H,17H2. The molecule has 5 aromatic rings. The van der Waals surface area contributed by atoms with Crippen molar-refractivity contribution < 1.29 is 4.74 Å². The summed E-state index contributed by atoms with van der Waals surface area (Å²) in [5.41, 5.74) is 2.44. The zero-order valence-corrected chi connectivity index (χ0v) is 21.0. The van der Waals surface area contributed by atoms with Crippen molar-refractivity contribution in [2.24, 2.45) is 5.10 Å². The number of aromatic nitrogens is 2. The minimum absolute atomic E-state index is 0.214. The molecular weight excluding hydrogens is 517 g/mol. The lowest BCUT2D eigenvalue weighted by Crippen LogP contribution is -2.20. The first-order valence-corrected chi connectivity index (χ1v) is 12.1. The largest absolute Gasteiger partial charge is 0.488 e. The third-order valence-corrected chi connectivity index (χ3v) is 6.29. The Kier molecular flexibility index (Phi) is 7.05. The highest BCUT2D eigenvalue weighted by Gasteiger charge is 2.13. The van der Waals surface area contributed by atoms with Crippen LogP contribution in [0.25, 0.3) is 22.3 Å². The molecule has 0 N–H and O–H groups in total. The van der Waals surface area contributed by atoms with E-state index in [0.29, 0.717) is 43.1 Å². The van der Waals surface area contributed by atoms with Gasteiger partial charge in [-0.3, -0.25) is 4.79 Å². The Labute approximate surface area is 222 Å². The topological polar surface area (TPSA) is 56.5 Å². The molecule has 0 radical (unpaired) electrons. The molecule has 5 nitrogen and oxygen atoms in total. The molecule has 5 rings (SSSR count). The van der Waals surface area contributed by atoms with E-state index < -0.39 is 0 Å². The molecule has 0 bridgehead atoms. The van der Waals surface area contributed by atoms with E-state index in [2.05, 4.69) is 5.10 Å². The number of hydrogen-bond acceptors (Lipinski definition) is 4. The monoisotopic (exact) mass is 533 g/mol. The fourth-order valence-corrected chi connectivity index (χ4v) is 4.31. The highest BCUT2D eigenvalue weighted by atomic mass is 35.5. The van der Waals surface area contributed by atoms with Gasteiger partial charge in [-0.1, -0.05) is 83.3 Å². The Balaban J connectivity index is 1.55. The number of halogens is 3. The van der Waals surface area contributed by atoms with Crippen molar-refractivity contribution in [1.29, 1.82) is 0 Å². The van der Waals surface area contributed by atoms with E-state index in [4.69, 9.17) is 44.5 Å². The van der Waals surface area contributed by atoms with Crippen molar-refractivity contribution in [3.63, 3.8) is 0 Å². The maximum atomic E-state index is 13.4. The van der Waals surface area contributed by atoms with Crippen molar-refractivity contribution in [1.82, 2.24) is 9.66 Å². The Morgan fingerprint density at radius 2 is 1.58 bits per heavy atom. The minimum atomic E-state index is -0.284. The number of benzene rings is 4. The van der Waals surface area contributed by atoms with Crippen LogP contribution in [0.5, 0.6) is 5.75 Å². The lowest BCUT2D eigenvalue weighted by atomic mass is 10.2. The van der Waals surface area contributed by atoms with Crippen molar-refractivity contribution in [3.8, 4) is 17.1 Å². The predicted octanol–water partition coefficient (Wildman–Crippen LogP) is 7.48. The molecule has 0 fully saturated rings. The summed E-state index contributed by atoms with van der Waals surface area (Å²) in [7, 11) is 0. The van der Waals surface area contributed by atoms with E-state index in [9.17, 15) is 4.79 Å². The number of hydrogen-bond donors (Lipinski definition) is 0. The minimum Gasteiger partial charge on any atom is -0.488 e. The van der Waals surface area contributed by atoms with Gasteiger partial charge in [-0.15, -0.1) is 0 Å². The third kappa shape index (κ3) is 5.14. The van der Waals surface area contributed by atoms with Gasteiger partial charge in [0, 0.05) is 31.8 Å². The van der Waals surface area contributed by atoms with Crippen LogP contribution in [-0.4, -0.2) is 15.9 Å². The molecule has 8 heteroatoms. The van der Waals surface area contributed by atoms with Gasteiger partial charge in [-0.05, 0) is 42.5 Å². The molecule has 0 aliphatic carbocycles. The van der Waals surface area contributed by atoms with E-state index >= 15 is 0 Å². The van der Waals surface area contributed by atoms with Crippen molar-refractivity contribution in [3.05, 3.63) is 128 Å². The van der Waals surface area contributed by atoms with Crippen LogP contribution in [0.4, 0.5) is 0 Å². The number of fused-ring (bicyclic) bond motifs is 1. The average molecular weight is 535 g/mol. The second-order valence-electron chi connectivity index (χ2n) is 7.89. The molecule has 0 atom stereocenters. The zero-order chi connectivity index (χ0) is 25.1. The van der Waals surface area contributed by atoms with Crippen LogP contribution >= 0.6 is 34.8 Å². The third-order valence-electron chi connectivity index (χ3n) is 5.47. The van der Waals surface area contributed by atoms with Crippen molar-refractivity contribution in [2.45, 2.75) is 6.61 Å². The summed E-state index contributed by atoms with van der Waals surface area (Å²) in [5.74, 6) is 0.949. The Morgan fingerprint density at radius 1 is 0.861 bits per heavy atom. The van der Waals surface area contributed by atoms with Crippen LogP contribution in [0, 0.1) is 0 Å². The maximum absolute atomic E-state index is 13.4. The first kappa shape index (κ1) is 24.1. The van der Waals surface area contributed by atoms with Gasteiger partial charge in [0.25, 0.3) is 5.56 Å². The second kappa shape index (κ2) is 10.5. The number of nitrogens with zero attached hydrogens (tertiary/aromatic N) is 3. The van der Waals surface area contributed by atoms with E-state index in [0.717, 1.165) is 11.1 Å². The van der Waals surface area contributed by atoms with Crippen LogP contribution in [0.1, 0.15) is 11.1 Å². The number of rotatable bonds is 6. The normalized spacial score (nSPS) is 11.3. The molecule has 178 valence electrons. The fraction of sp³-hybridized carbons (Fsp3) is 0.0357. The summed E-state index contributed by atoms with van der Waals surface area (Å²) in [6, 6.07) is 27.0. The van der Waals surface area contributed by atoms with Gasteiger partial charge in [0.1, 0.15) is 12.4 Å². The van der Waals surface area contributed by atoms with Crippen molar-refractivity contribution in [2.75, 3.05) is 0 Å². The van der Waals surface area contributed by atoms with Gasteiger partial charge in [-0.2, -0.15) is 9.78 Å². The van der Waals surface area contributed by atoms with Gasteiger partial charge in [0.2, 0.25) is 0 Å². The summed E-state index contributed by atoms with van der Waals surface area (Å²) in [6.45, 7) is 0.214. The molecule has 0 saturated carbocycles. The predicted molar refractivity (Wildman–Crippen MR) is 147 cm³/mol. The lowest BCUT2D eigenvalue weighted by Gasteiger charge is -2.12. The van der Waals surface area contributed by atoms with Crippen molar-refractivity contribution >= 4 is 51.9 Å². The maximum Gasteiger partial charge on any atom is 0.282 e. The molecule has 0 amide bonds. The SMILES string of the molecule is O=c1c2ccccc2nc(-c2ccccc2)n1N=Cc1cc(Cl)ccc1OCc1ccc(Cl)cc1Cl. The molecule has 0 saturated heterocycles. The molecule has 0 spiro atoms. The Morgan fingerprint density at radius 3 is 2.39 bits per heavy atom. The summed E-state index contributed by atoms with van der Waals surface area (Å²) >= 11 is 18.5. The van der Waals surface area contributed by atoms with E-state index in [1.165, 1.54) is 10.9 Å². The first-order valence-electron chi connectivity index (χ1n) is 11.0. The highest BCUT2D eigenvalue weighted by Crippen LogP contribution is 2.26. The molecule has 1 heterocycles. The highest BCUT2D eigenvalue weighted by molar-refractivity contribution is 6.35. The molecule has 0 aliphatic heterocycles. The van der Waals surface area contributed by atoms with E-state index in [-0.39, 0.29) is 12.2 Å². The van der Waals surface area contributed by atoms with Gasteiger partial charge in [0.15, 0.2) is 5.82 Å². The zero-order valence-electron chi connectivity index (χ0n) is 18.7.